The van der Waals surface area contributed by atoms with Crippen LogP contribution in [0, 0.1) is 18.3 Å². The second-order valence-corrected chi connectivity index (χ2v) is 12.4. The monoisotopic (exact) mass is 620 g/mol. The van der Waals surface area contributed by atoms with Crippen molar-refractivity contribution >= 4 is 29.1 Å². The molecule has 0 bridgehead atoms. The number of nitrogen functional groups attached to an aromatic ring is 1. The molecule has 3 unspecified atom stereocenters. The molecule has 0 saturated carbocycles. The smallest absolute Gasteiger partial charge is 0.429 e. The number of rotatable bonds is 9. The Labute approximate surface area is 253 Å². The van der Waals surface area contributed by atoms with Gasteiger partial charge in [-0.2, -0.15) is 23.3 Å². The van der Waals surface area contributed by atoms with Crippen molar-refractivity contribution in [1.29, 1.82) is 0 Å². The van der Waals surface area contributed by atoms with Crippen LogP contribution in [0.15, 0.2) is 42.6 Å². The van der Waals surface area contributed by atoms with Crippen molar-refractivity contribution in [2.75, 3.05) is 12.3 Å². The third-order valence-corrected chi connectivity index (χ3v) is 7.12. The van der Waals surface area contributed by atoms with Gasteiger partial charge in [0.05, 0.1) is 23.7 Å². The summed E-state index contributed by atoms with van der Waals surface area (Å²) in [6.07, 6.45) is -1.39. The topological polar surface area (TPSA) is 131 Å². The molecule has 0 radical (unpaired) electrons. The van der Waals surface area contributed by atoms with Gasteiger partial charge in [0.15, 0.2) is 0 Å². The van der Waals surface area contributed by atoms with Gasteiger partial charge in [-0.25, -0.2) is 9.67 Å². The van der Waals surface area contributed by atoms with Crippen LogP contribution >= 0.6 is 11.6 Å². The van der Waals surface area contributed by atoms with Crippen LogP contribution in [0.25, 0.3) is 11.3 Å². The maximum Gasteiger partial charge on any atom is 0.429 e. The van der Waals surface area contributed by atoms with Crippen LogP contribution in [0.1, 0.15) is 69.5 Å². The Kier molecular flexibility index (Phi) is 9.70. The SMILES string of the molecule is Cc1ccn(-c2cc(Cl)ccc2C(Oc2cc(C3=CCC(CC(N)C(=O)OCC(C)(C)C)CC3)nc(N)n2)C(F)(F)F)n1. The van der Waals surface area contributed by atoms with E-state index in [0.717, 1.165) is 5.57 Å². The van der Waals surface area contributed by atoms with E-state index < -0.39 is 24.3 Å². The summed E-state index contributed by atoms with van der Waals surface area (Å²) in [7, 11) is 0. The van der Waals surface area contributed by atoms with E-state index in [1.54, 1.807) is 19.2 Å². The number of nitrogens with zero attached hydrogens (tertiary/aromatic N) is 4. The molecule has 0 fully saturated rings. The van der Waals surface area contributed by atoms with Crippen molar-refractivity contribution in [2.24, 2.45) is 17.1 Å². The predicted octanol–water partition coefficient (Wildman–Crippen LogP) is 6.38. The molecule has 13 heteroatoms. The van der Waals surface area contributed by atoms with E-state index in [9.17, 15) is 18.0 Å². The summed E-state index contributed by atoms with van der Waals surface area (Å²) in [6, 6.07) is 6.29. The average Bonchev–Trinajstić information content (AvgIpc) is 3.35. The number of hydrogen-bond acceptors (Lipinski definition) is 8. The molecule has 3 aromatic rings. The maximum atomic E-state index is 14.4. The number of esters is 1. The number of ether oxygens (including phenoxy) is 2. The molecule has 4 rings (SSSR count). The highest BCUT2D eigenvalue weighted by atomic mass is 35.5. The number of alkyl halides is 3. The first-order valence-electron chi connectivity index (χ1n) is 13.9. The molecule has 43 heavy (non-hydrogen) atoms. The molecule has 1 aliphatic carbocycles. The molecule has 1 aliphatic rings. The van der Waals surface area contributed by atoms with Crippen LogP contribution in [-0.4, -0.2) is 44.5 Å². The highest BCUT2D eigenvalue weighted by molar-refractivity contribution is 6.30. The number of carbonyl (C=O) groups excluding carboxylic acids is 1. The molecule has 1 aromatic carbocycles. The third-order valence-electron chi connectivity index (χ3n) is 6.89. The quantitative estimate of drug-likeness (QED) is 0.264. The maximum absolute atomic E-state index is 14.4. The van der Waals surface area contributed by atoms with Gasteiger partial charge in [-0.05, 0) is 67.7 Å². The summed E-state index contributed by atoms with van der Waals surface area (Å²) >= 11 is 6.13. The molecular formula is C30H36ClF3N6O3. The second kappa shape index (κ2) is 12.9. The summed E-state index contributed by atoms with van der Waals surface area (Å²) in [5, 5.41) is 4.49. The molecular weight excluding hydrogens is 585 g/mol. The van der Waals surface area contributed by atoms with Crippen molar-refractivity contribution < 1.29 is 27.4 Å². The van der Waals surface area contributed by atoms with Crippen LogP contribution in [0.2, 0.25) is 5.02 Å². The molecule has 232 valence electrons. The number of aryl methyl sites for hydroxylation is 1. The molecule has 0 aliphatic heterocycles. The molecule has 3 atom stereocenters. The van der Waals surface area contributed by atoms with Gasteiger partial charge in [0, 0.05) is 22.8 Å². The number of halogens is 4. The van der Waals surface area contributed by atoms with Gasteiger partial charge in [-0.1, -0.05) is 44.5 Å². The number of anilines is 1. The van der Waals surface area contributed by atoms with Gasteiger partial charge in [0.2, 0.25) is 17.9 Å². The zero-order valence-electron chi connectivity index (χ0n) is 24.5. The van der Waals surface area contributed by atoms with Crippen molar-refractivity contribution in [1.82, 2.24) is 19.7 Å². The Hall–Kier alpha value is -3.64. The predicted molar refractivity (Wildman–Crippen MR) is 158 cm³/mol. The Bertz CT molecular complexity index is 1480. The van der Waals surface area contributed by atoms with Crippen molar-refractivity contribution in [3.05, 3.63) is 64.6 Å². The number of aromatic nitrogens is 4. The summed E-state index contributed by atoms with van der Waals surface area (Å²) < 4.78 is 55.5. The second-order valence-electron chi connectivity index (χ2n) is 12.0. The first-order chi connectivity index (χ1) is 20.1. The summed E-state index contributed by atoms with van der Waals surface area (Å²) in [6.45, 7) is 7.91. The summed E-state index contributed by atoms with van der Waals surface area (Å²) in [4.78, 5) is 20.5. The van der Waals surface area contributed by atoms with Crippen molar-refractivity contribution in [3.8, 4) is 11.6 Å². The highest BCUT2D eigenvalue weighted by Crippen LogP contribution is 2.40. The minimum atomic E-state index is -4.81. The van der Waals surface area contributed by atoms with Crippen LogP contribution < -0.4 is 16.2 Å². The van der Waals surface area contributed by atoms with Crippen molar-refractivity contribution in [2.45, 2.75) is 71.7 Å². The standard InChI is InChI=1S/C30H36ClF3N6O3/c1-17-11-12-40(39-17)24-14-20(31)9-10-21(24)26(30(32,33)34)43-25-15-23(37-28(36)38-25)19-7-5-18(6-8-19)13-22(35)27(41)42-16-29(2,3)4/h7,9-12,14-15,18,22,26H,5-6,8,13,16,35H2,1-4H3,(H2,36,37,38). The molecule has 2 heterocycles. The highest BCUT2D eigenvalue weighted by Gasteiger charge is 2.45. The lowest BCUT2D eigenvalue weighted by Crippen LogP contribution is -2.36. The summed E-state index contributed by atoms with van der Waals surface area (Å²) in [5.41, 5.74) is 13.5. The van der Waals surface area contributed by atoms with Gasteiger partial charge in [0.1, 0.15) is 6.04 Å². The first-order valence-corrected chi connectivity index (χ1v) is 14.3. The number of carbonyl (C=O) groups is 1. The zero-order chi connectivity index (χ0) is 31.5. The van der Waals surface area contributed by atoms with Gasteiger partial charge in [-0.15, -0.1) is 0 Å². The van der Waals surface area contributed by atoms with E-state index in [2.05, 4.69) is 15.1 Å². The van der Waals surface area contributed by atoms with Crippen molar-refractivity contribution in [3.63, 3.8) is 0 Å². The Morgan fingerprint density at radius 3 is 2.53 bits per heavy atom. The van der Waals surface area contributed by atoms with E-state index >= 15 is 0 Å². The van der Waals surface area contributed by atoms with E-state index in [1.165, 1.54) is 28.9 Å². The lowest BCUT2D eigenvalue weighted by molar-refractivity contribution is -0.198. The molecule has 0 amide bonds. The molecule has 4 N–H and O–H groups in total. The lowest BCUT2D eigenvalue weighted by Gasteiger charge is -2.26. The number of hydrogen-bond donors (Lipinski definition) is 2. The fraction of sp³-hybridized carbons (Fsp3) is 0.467. The normalized spacial score (nSPS) is 17.2. The largest absolute Gasteiger partial charge is 0.464 e. The Morgan fingerprint density at radius 2 is 1.93 bits per heavy atom. The van der Waals surface area contributed by atoms with Gasteiger partial charge >= 0.3 is 12.1 Å². The fourth-order valence-corrected chi connectivity index (χ4v) is 4.93. The number of benzene rings is 1. The van der Waals surface area contributed by atoms with E-state index in [1.807, 2.05) is 26.8 Å². The van der Waals surface area contributed by atoms with E-state index in [-0.39, 0.29) is 46.0 Å². The minimum Gasteiger partial charge on any atom is -0.464 e. The lowest BCUT2D eigenvalue weighted by atomic mass is 9.84. The van der Waals surface area contributed by atoms with Gasteiger partial charge < -0.3 is 20.9 Å². The number of nitrogens with two attached hydrogens (primary N) is 2. The Morgan fingerprint density at radius 1 is 1.19 bits per heavy atom. The van der Waals surface area contributed by atoms with E-state index in [0.29, 0.717) is 37.1 Å². The fourth-order valence-electron chi connectivity index (χ4n) is 4.77. The number of allylic oxidation sites excluding steroid dienone is 2. The molecule has 0 spiro atoms. The van der Waals surface area contributed by atoms with Crippen LogP contribution in [0.5, 0.6) is 5.88 Å². The minimum absolute atomic E-state index is 0.117. The van der Waals surface area contributed by atoms with Crippen LogP contribution in [0.3, 0.4) is 0 Å². The van der Waals surface area contributed by atoms with E-state index in [4.69, 9.17) is 32.5 Å². The molecule has 9 nitrogen and oxygen atoms in total. The zero-order valence-corrected chi connectivity index (χ0v) is 25.2. The third kappa shape index (κ3) is 8.70. The van der Waals surface area contributed by atoms with Gasteiger partial charge in [0.25, 0.3) is 0 Å². The summed E-state index contributed by atoms with van der Waals surface area (Å²) in [5.74, 6) is -0.839. The van der Waals surface area contributed by atoms with Gasteiger partial charge in [-0.3, -0.25) is 4.79 Å². The first kappa shape index (κ1) is 32.3. The average molecular weight is 621 g/mol. The van der Waals surface area contributed by atoms with Crippen LogP contribution in [0.4, 0.5) is 19.1 Å². The molecule has 0 saturated heterocycles. The van der Waals surface area contributed by atoms with Crippen LogP contribution in [-0.2, 0) is 9.53 Å². The molecule has 2 aromatic heterocycles. The Balaban J connectivity index is 1.52.